The van der Waals surface area contributed by atoms with Gasteiger partial charge in [-0.3, -0.25) is 0 Å². The van der Waals surface area contributed by atoms with Crippen LogP contribution >= 0.6 is 0 Å². The summed E-state index contributed by atoms with van der Waals surface area (Å²) in [7, 11) is 1.88. The second-order valence-corrected chi connectivity index (χ2v) is 4.59. The van der Waals surface area contributed by atoms with Crippen LogP contribution in [0.1, 0.15) is 36.9 Å². The van der Waals surface area contributed by atoms with Gasteiger partial charge in [0.1, 0.15) is 12.1 Å². The Morgan fingerprint density at radius 2 is 2.22 bits per heavy atom. The molecular weight excluding hydrogens is 226 g/mol. The van der Waals surface area contributed by atoms with Crippen molar-refractivity contribution in [1.29, 1.82) is 0 Å². The number of hydrogen-bond donors (Lipinski definition) is 1. The lowest BCUT2D eigenvalue weighted by Gasteiger charge is -2.10. The van der Waals surface area contributed by atoms with E-state index in [2.05, 4.69) is 33.4 Å². The predicted octanol–water partition coefficient (Wildman–Crippen LogP) is 2.14. The predicted molar refractivity (Wildman–Crippen MR) is 70.1 cm³/mol. The highest BCUT2D eigenvalue weighted by Gasteiger charge is 2.26. The van der Waals surface area contributed by atoms with Crippen LogP contribution in [0.15, 0.2) is 18.6 Å². The van der Waals surface area contributed by atoms with Crippen molar-refractivity contribution in [2.24, 2.45) is 0 Å². The summed E-state index contributed by atoms with van der Waals surface area (Å²) in [4.78, 5) is 8.62. The normalized spacial score (nSPS) is 14.8. The number of nitrogens with one attached hydrogen (secondary N) is 1. The molecule has 2 aromatic heterocycles. The molecule has 2 aromatic rings. The third kappa shape index (κ3) is 1.85. The Labute approximate surface area is 106 Å². The van der Waals surface area contributed by atoms with Gasteiger partial charge >= 0.3 is 0 Å². The van der Waals surface area contributed by atoms with Crippen molar-refractivity contribution in [1.82, 2.24) is 19.7 Å². The summed E-state index contributed by atoms with van der Waals surface area (Å²) in [5.41, 5.74) is 2.28. The van der Waals surface area contributed by atoms with E-state index in [4.69, 9.17) is 0 Å². The molecule has 18 heavy (non-hydrogen) atoms. The smallest absolute Gasteiger partial charge is 0.161 e. The number of nitrogens with zero attached hydrogens (tertiary/aromatic N) is 4. The Hall–Kier alpha value is -1.91. The Morgan fingerprint density at radius 3 is 2.89 bits per heavy atom. The van der Waals surface area contributed by atoms with Crippen LogP contribution in [0.5, 0.6) is 0 Å². The van der Waals surface area contributed by atoms with E-state index in [9.17, 15) is 0 Å². The molecule has 0 bridgehead atoms. The number of aromatic nitrogens is 4. The van der Waals surface area contributed by atoms with E-state index in [1.165, 1.54) is 18.5 Å². The second kappa shape index (κ2) is 4.40. The van der Waals surface area contributed by atoms with Crippen molar-refractivity contribution < 1.29 is 0 Å². The SMILES string of the molecule is CCc1c(NC)ncnc1-n1ccc(C2CC2)n1. The summed E-state index contributed by atoms with van der Waals surface area (Å²) >= 11 is 0. The maximum Gasteiger partial charge on any atom is 0.161 e. The van der Waals surface area contributed by atoms with Crippen LogP contribution < -0.4 is 5.32 Å². The van der Waals surface area contributed by atoms with Crippen LogP contribution in [0.25, 0.3) is 5.82 Å². The van der Waals surface area contributed by atoms with Crippen LogP contribution in [-0.4, -0.2) is 26.8 Å². The largest absolute Gasteiger partial charge is 0.373 e. The summed E-state index contributed by atoms with van der Waals surface area (Å²) in [6, 6.07) is 2.10. The molecule has 0 aromatic carbocycles. The Morgan fingerprint density at radius 1 is 1.39 bits per heavy atom. The molecule has 2 heterocycles. The quantitative estimate of drug-likeness (QED) is 0.894. The molecule has 0 unspecified atom stereocenters. The highest BCUT2D eigenvalue weighted by Crippen LogP contribution is 2.39. The van der Waals surface area contributed by atoms with Gasteiger partial charge in [0.2, 0.25) is 0 Å². The molecule has 0 amide bonds. The standard InChI is InChI=1S/C13H17N5/c1-3-10-12(14-2)15-8-16-13(10)18-7-6-11(17-18)9-4-5-9/h6-9H,3-5H2,1-2H3,(H,14,15,16). The molecule has 0 spiro atoms. The molecule has 94 valence electrons. The Bertz CT molecular complexity index is 556. The second-order valence-electron chi connectivity index (χ2n) is 4.59. The van der Waals surface area contributed by atoms with Crippen molar-refractivity contribution in [3.05, 3.63) is 29.8 Å². The topological polar surface area (TPSA) is 55.6 Å². The van der Waals surface area contributed by atoms with Gasteiger partial charge in [0.05, 0.1) is 5.69 Å². The molecule has 3 rings (SSSR count). The van der Waals surface area contributed by atoms with Gasteiger partial charge in [0.15, 0.2) is 5.82 Å². The zero-order valence-electron chi connectivity index (χ0n) is 10.7. The first kappa shape index (κ1) is 11.2. The maximum atomic E-state index is 4.63. The summed E-state index contributed by atoms with van der Waals surface area (Å²) in [6.45, 7) is 2.11. The molecule has 1 aliphatic rings. The molecule has 1 N–H and O–H groups in total. The zero-order valence-corrected chi connectivity index (χ0v) is 10.7. The monoisotopic (exact) mass is 243 g/mol. The molecular formula is C13H17N5. The Balaban J connectivity index is 2.03. The number of hydrogen-bond acceptors (Lipinski definition) is 4. The van der Waals surface area contributed by atoms with E-state index in [1.54, 1.807) is 6.33 Å². The first-order valence-electron chi connectivity index (χ1n) is 6.41. The molecule has 0 saturated heterocycles. The van der Waals surface area contributed by atoms with Crippen LogP contribution in [0.2, 0.25) is 0 Å². The molecule has 1 saturated carbocycles. The first-order chi connectivity index (χ1) is 8.83. The van der Waals surface area contributed by atoms with Gasteiger partial charge in [-0.05, 0) is 25.3 Å². The highest BCUT2D eigenvalue weighted by atomic mass is 15.3. The van der Waals surface area contributed by atoms with Gasteiger partial charge in [0, 0.05) is 24.7 Å². The van der Waals surface area contributed by atoms with E-state index in [1.807, 2.05) is 17.9 Å². The van der Waals surface area contributed by atoms with Crippen molar-refractivity contribution >= 4 is 5.82 Å². The van der Waals surface area contributed by atoms with Crippen LogP contribution in [-0.2, 0) is 6.42 Å². The molecule has 5 heteroatoms. The fourth-order valence-electron chi connectivity index (χ4n) is 2.19. The zero-order chi connectivity index (χ0) is 12.5. The van der Waals surface area contributed by atoms with E-state index in [-0.39, 0.29) is 0 Å². The maximum absolute atomic E-state index is 4.63. The molecule has 0 atom stereocenters. The lowest BCUT2D eigenvalue weighted by atomic mass is 10.2. The van der Waals surface area contributed by atoms with Gasteiger partial charge in [-0.1, -0.05) is 6.92 Å². The van der Waals surface area contributed by atoms with Crippen molar-refractivity contribution in [2.75, 3.05) is 12.4 Å². The highest BCUT2D eigenvalue weighted by molar-refractivity contribution is 5.51. The number of rotatable bonds is 4. The minimum Gasteiger partial charge on any atom is -0.373 e. The fraction of sp³-hybridized carbons (Fsp3) is 0.462. The van der Waals surface area contributed by atoms with Gasteiger partial charge < -0.3 is 5.32 Å². The van der Waals surface area contributed by atoms with Crippen molar-refractivity contribution in [3.63, 3.8) is 0 Å². The average Bonchev–Trinajstić information content (AvgIpc) is 3.15. The van der Waals surface area contributed by atoms with Gasteiger partial charge in [-0.2, -0.15) is 5.10 Å². The van der Waals surface area contributed by atoms with E-state index in [0.717, 1.165) is 23.6 Å². The van der Waals surface area contributed by atoms with Crippen LogP contribution in [0.3, 0.4) is 0 Å². The third-order valence-corrected chi connectivity index (χ3v) is 3.34. The summed E-state index contributed by atoms with van der Waals surface area (Å²) < 4.78 is 1.87. The lowest BCUT2D eigenvalue weighted by Crippen LogP contribution is -2.08. The minimum atomic E-state index is 0.668. The third-order valence-electron chi connectivity index (χ3n) is 3.34. The summed E-state index contributed by atoms with van der Waals surface area (Å²) in [5, 5.41) is 7.73. The summed E-state index contributed by atoms with van der Waals surface area (Å²) in [6.07, 6.45) is 6.99. The van der Waals surface area contributed by atoms with E-state index in [0.29, 0.717) is 5.92 Å². The molecule has 5 nitrogen and oxygen atoms in total. The minimum absolute atomic E-state index is 0.668. The van der Waals surface area contributed by atoms with Crippen LogP contribution in [0, 0.1) is 0 Å². The molecule has 0 radical (unpaired) electrons. The van der Waals surface area contributed by atoms with Gasteiger partial charge in [-0.25, -0.2) is 14.6 Å². The van der Waals surface area contributed by atoms with E-state index < -0.39 is 0 Å². The van der Waals surface area contributed by atoms with Crippen molar-refractivity contribution in [2.45, 2.75) is 32.1 Å². The number of anilines is 1. The lowest BCUT2D eigenvalue weighted by molar-refractivity contribution is 0.793. The van der Waals surface area contributed by atoms with E-state index >= 15 is 0 Å². The first-order valence-corrected chi connectivity index (χ1v) is 6.41. The molecule has 1 fully saturated rings. The molecule has 1 aliphatic carbocycles. The molecule has 0 aliphatic heterocycles. The average molecular weight is 243 g/mol. The van der Waals surface area contributed by atoms with Crippen molar-refractivity contribution in [3.8, 4) is 5.82 Å². The fourth-order valence-corrected chi connectivity index (χ4v) is 2.19. The summed E-state index contributed by atoms with van der Waals surface area (Å²) in [5.74, 6) is 2.43. The van der Waals surface area contributed by atoms with Gasteiger partial charge in [0.25, 0.3) is 0 Å². The Kier molecular flexibility index (Phi) is 2.74. The van der Waals surface area contributed by atoms with Crippen LogP contribution in [0.4, 0.5) is 5.82 Å². The van der Waals surface area contributed by atoms with Gasteiger partial charge in [-0.15, -0.1) is 0 Å².